The van der Waals surface area contributed by atoms with Crippen molar-refractivity contribution in [2.75, 3.05) is 16.6 Å². The molecule has 0 radical (unpaired) electrons. The molecule has 0 spiro atoms. The predicted molar refractivity (Wildman–Crippen MR) is 63.5 cm³/mol. The molecule has 92 valence electrons. The van der Waals surface area contributed by atoms with Crippen LogP contribution in [0.5, 0.6) is 0 Å². The summed E-state index contributed by atoms with van der Waals surface area (Å²) in [4.78, 5) is 10.5. The topological polar surface area (TPSA) is 74.7 Å². The third-order valence-corrected chi connectivity index (χ3v) is 4.55. The SMILES string of the molecule is O=C(O)Cc1ccc(N2CCCS2(=O)=O)cc1. The van der Waals surface area contributed by atoms with E-state index in [1.54, 1.807) is 24.3 Å². The van der Waals surface area contributed by atoms with Crippen molar-refractivity contribution in [1.82, 2.24) is 0 Å². The number of carboxylic acids is 1. The lowest BCUT2D eigenvalue weighted by Crippen LogP contribution is -2.24. The van der Waals surface area contributed by atoms with Crippen LogP contribution >= 0.6 is 0 Å². The maximum atomic E-state index is 11.7. The Kier molecular flexibility index (Phi) is 3.06. The van der Waals surface area contributed by atoms with Crippen LogP contribution in [0.1, 0.15) is 12.0 Å². The van der Waals surface area contributed by atoms with Crippen molar-refractivity contribution in [1.29, 1.82) is 0 Å². The summed E-state index contributed by atoms with van der Waals surface area (Å²) in [6.45, 7) is 0.501. The number of carbonyl (C=O) groups is 1. The second-order valence-corrected chi connectivity index (χ2v) is 5.99. The fraction of sp³-hybridized carbons (Fsp3) is 0.364. The molecular formula is C11H13NO4S. The van der Waals surface area contributed by atoms with Crippen molar-refractivity contribution < 1.29 is 18.3 Å². The van der Waals surface area contributed by atoms with E-state index < -0.39 is 16.0 Å². The number of sulfonamides is 1. The van der Waals surface area contributed by atoms with Crippen molar-refractivity contribution >= 4 is 21.7 Å². The van der Waals surface area contributed by atoms with Crippen LogP contribution in [0.25, 0.3) is 0 Å². The molecule has 0 unspecified atom stereocenters. The third kappa shape index (κ3) is 2.58. The zero-order valence-electron chi connectivity index (χ0n) is 9.17. The molecule has 0 saturated carbocycles. The summed E-state index contributed by atoms with van der Waals surface area (Å²) in [5.74, 6) is -0.712. The maximum absolute atomic E-state index is 11.7. The molecule has 0 aliphatic carbocycles. The molecule has 2 rings (SSSR count). The zero-order valence-corrected chi connectivity index (χ0v) is 9.98. The van der Waals surface area contributed by atoms with E-state index in [-0.39, 0.29) is 12.2 Å². The zero-order chi connectivity index (χ0) is 12.5. The molecule has 6 heteroatoms. The molecule has 0 aromatic heterocycles. The van der Waals surface area contributed by atoms with Gasteiger partial charge in [0.2, 0.25) is 10.0 Å². The molecule has 1 fully saturated rings. The quantitative estimate of drug-likeness (QED) is 0.869. The number of nitrogens with zero attached hydrogens (tertiary/aromatic N) is 1. The summed E-state index contributed by atoms with van der Waals surface area (Å²) >= 11 is 0. The second-order valence-electron chi connectivity index (χ2n) is 3.98. The van der Waals surface area contributed by atoms with Gasteiger partial charge in [-0.15, -0.1) is 0 Å². The van der Waals surface area contributed by atoms with E-state index in [0.717, 1.165) is 0 Å². The Bertz CT molecular complexity index is 521. The number of hydrogen-bond donors (Lipinski definition) is 1. The summed E-state index contributed by atoms with van der Waals surface area (Å²) in [5.41, 5.74) is 1.27. The first-order chi connectivity index (χ1) is 7.99. The maximum Gasteiger partial charge on any atom is 0.307 e. The van der Waals surface area contributed by atoms with Crippen LogP contribution in [-0.4, -0.2) is 31.8 Å². The first kappa shape index (κ1) is 11.9. The lowest BCUT2D eigenvalue weighted by molar-refractivity contribution is -0.136. The van der Waals surface area contributed by atoms with Gasteiger partial charge in [0.1, 0.15) is 0 Å². The lowest BCUT2D eigenvalue weighted by atomic mass is 10.1. The summed E-state index contributed by atoms with van der Waals surface area (Å²) in [7, 11) is -3.16. The number of aliphatic carboxylic acids is 1. The highest BCUT2D eigenvalue weighted by molar-refractivity contribution is 7.93. The molecule has 0 atom stereocenters. The Labute approximate surface area is 99.7 Å². The number of carboxylic acid groups (broad SMARTS) is 1. The van der Waals surface area contributed by atoms with Crippen LogP contribution in [-0.2, 0) is 21.2 Å². The van der Waals surface area contributed by atoms with Crippen LogP contribution in [0, 0.1) is 0 Å². The summed E-state index contributed by atoms with van der Waals surface area (Å²) in [6, 6.07) is 6.61. The Morgan fingerprint density at radius 2 is 1.94 bits per heavy atom. The standard InChI is InChI=1S/C11H13NO4S/c13-11(14)8-9-2-4-10(5-3-9)12-6-1-7-17(12,15)16/h2-5H,1,6-8H2,(H,13,14). The highest BCUT2D eigenvalue weighted by Gasteiger charge is 2.28. The van der Waals surface area contributed by atoms with Gasteiger partial charge >= 0.3 is 5.97 Å². The molecule has 1 aromatic carbocycles. The van der Waals surface area contributed by atoms with Crippen molar-refractivity contribution in [2.24, 2.45) is 0 Å². The van der Waals surface area contributed by atoms with Gasteiger partial charge in [0.15, 0.2) is 0 Å². The molecule has 1 saturated heterocycles. The van der Waals surface area contributed by atoms with Gasteiger partial charge < -0.3 is 5.11 Å². The predicted octanol–water partition coefficient (Wildman–Crippen LogP) is 0.854. The van der Waals surface area contributed by atoms with Crippen molar-refractivity contribution in [3.05, 3.63) is 29.8 Å². The molecular weight excluding hydrogens is 242 g/mol. The summed E-state index contributed by atoms with van der Waals surface area (Å²) in [5, 5.41) is 8.62. The van der Waals surface area contributed by atoms with Gasteiger partial charge in [0.25, 0.3) is 0 Å². The van der Waals surface area contributed by atoms with E-state index in [1.165, 1.54) is 4.31 Å². The van der Waals surface area contributed by atoms with Crippen molar-refractivity contribution in [3.8, 4) is 0 Å². The first-order valence-electron chi connectivity index (χ1n) is 5.30. The largest absolute Gasteiger partial charge is 0.481 e. The Balaban J connectivity index is 2.21. The molecule has 0 amide bonds. The number of hydrogen-bond acceptors (Lipinski definition) is 3. The van der Waals surface area contributed by atoms with Crippen LogP contribution in [0.2, 0.25) is 0 Å². The van der Waals surface area contributed by atoms with E-state index in [9.17, 15) is 13.2 Å². The van der Waals surface area contributed by atoms with E-state index >= 15 is 0 Å². The van der Waals surface area contributed by atoms with Crippen LogP contribution < -0.4 is 4.31 Å². The Morgan fingerprint density at radius 3 is 2.41 bits per heavy atom. The molecule has 17 heavy (non-hydrogen) atoms. The monoisotopic (exact) mass is 255 g/mol. The second kappa shape index (κ2) is 4.37. The molecule has 1 aromatic rings. The minimum absolute atomic E-state index is 0.0486. The van der Waals surface area contributed by atoms with Gasteiger partial charge in [-0.2, -0.15) is 0 Å². The smallest absolute Gasteiger partial charge is 0.307 e. The fourth-order valence-corrected chi connectivity index (χ4v) is 3.45. The number of anilines is 1. The molecule has 1 heterocycles. The summed E-state index contributed by atoms with van der Waals surface area (Å²) in [6.07, 6.45) is 0.590. The lowest BCUT2D eigenvalue weighted by Gasteiger charge is -2.16. The number of benzene rings is 1. The molecule has 5 nitrogen and oxygen atoms in total. The average Bonchev–Trinajstić information content (AvgIpc) is 2.58. The Hall–Kier alpha value is -1.56. The summed E-state index contributed by atoms with van der Waals surface area (Å²) < 4.78 is 24.7. The van der Waals surface area contributed by atoms with E-state index in [1.807, 2.05) is 0 Å². The molecule has 1 N–H and O–H groups in total. The van der Waals surface area contributed by atoms with Gasteiger partial charge in [-0.3, -0.25) is 9.10 Å². The van der Waals surface area contributed by atoms with Gasteiger partial charge in [-0.1, -0.05) is 12.1 Å². The van der Waals surface area contributed by atoms with Crippen molar-refractivity contribution in [3.63, 3.8) is 0 Å². The fourth-order valence-electron chi connectivity index (χ4n) is 1.88. The van der Waals surface area contributed by atoms with Gasteiger partial charge in [0, 0.05) is 6.54 Å². The molecule has 1 aliphatic rings. The third-order valence-electron chi connectivity index (χ3n) is 2.68. The van der Waals surface area contributed by atoms with Gasteiger partial charge in [-0.25, -0.2) is 8.42 Å². The van der Waals surface area contributed by atoms with Gasteiger partial charge in [0.05, 0.1) is 17.9 Å². The van der Waals surface area contributed by atoms with E-state index in [0.29, 0.717) is 24.2 Å². The van der Waals surface area contributed by atoms with Crippen LogP contribution in [0.15, 0.2) is 24.3 Å². The Morgan fingerprint density at radius 1 is 1.29 bits per heavy atom. The number of rotatable bonds is 3. The van der Waals surface area contributed by atoms with Crippen molar-refractivity contribution in [2.45, 2.75) is 12.8 Å². The first-order valence-corrected chi connectivity index (χ1v) is 6.91. The minimum Gasteiger partial charge on any atom is -0.481 e. The van der Waals surface area contributed by atoms with Gasteiger partial charge in [-0.05, 0) is 24.1 Å². The van der Waals surface area contributed by atoms with E-state index in [2.05, 4.69) is 0 Å². The normalized spacial score (nSPS) is 18.2. The van der Waals surface area contributed by atoms with Crippen LogP contribution in [0.4, 0.5) is 5.69 Å². The highest BCUT2D eigenvalue weighted by atomic mass is 32.2. The highest BCUT2D eigenvalue weighted by Crippen LogP contribution is 2.24. The van der Waals surface area contributed by atoms with Crippen LogP contribution in [0.3, 0.4) is 0 Å². The molecule has 1 aliphatic heterocycles. The molecule has 0 bridgehead atoms. The minimum atomic E-state index is -3.16. The van der Waals surface area contributed by atoms with E-state index in [4.69, 9.17) is 5.11 Å². The average molecular weight is 255 g/mol.